The van der Waals surface area contributed by atoms with Crippen molar-refractivity contribution in [2.75, 3.05) is 19.5 Å². The zero-order valence-electron chi connectivity index (χ0n) is 7.95. The SMILES string of the molecule is CC.COCCn1cc(N)cn1. The van der Waals surface area contributed by atoms with Crippen molar-refractivity contribution in [1.29, 1.82) is 0 Å². The molecular weight excluding hydrogens is 154 g/mol. The van der Waals surface area contributed by atoms with Gasteiger partial charge in [0.1, 0.15) is 0 Å². The number of rotatable bonds is 3. The van der Waals surface area contributed by atoms with Gasteiger partial charge >= 0.3 is 0 Å². The molecule has 0 fully saturated rings. The average molecular weight is 171 g/mol. The number of hydrogen-bond acceptors (Lipinski definition) is 3. The van der Waals surface area contributed by atoms with E-state index >= 15 is 0 Å². The van der Waals surface area contributed by atoms with Gasteiger partial charge in [-0.05, 0) is 0 Å². The van der Waals surface area contributed by atoms with Crippen LogP contribution in [0.3, 0.4) is 0 Å². The molecule has 1 aromatic heterocycles. The third-order valence-corrected chi connectivity index (χ3v) is 1.18. The van der Waals surface area contributed by atoms with Crippen molar-refractivity contribution in [3.05, 3.63) is 12.4 Å². The van der Waals surface area contributed by atoms with Gasteiger partial charge in [-0.2, -0.15) is 5.10 Å². The van der Waals surface area contributed by atoms with Crippen molar-refractivity contribution >= 4 is 5.69 Å². The molecule has 0 atom stereocenters. The van der Waals surface area contributed by atoms with E-state index in [2.05, 4.69) is 5.10 Å². The first-order chi connectivity index (χ1) is 5.83. The lowest BCUT2D eigenvalue weighted by Crippen LogP contribution is -2.03. The number of nitrogens with zero attached hydrogens (tertiary/aromatic N) is 2. The Morgan fingerprint density at radius 3 is 2.67 bits per heavy atom. The van der Waals surface area contributed by atoms with Crippen LogP contribution in [0.2, 0.25) is 0 Å². The third kappa shape index (κ3) is 3.98. The number of anilines is 1. The molecule has 4 heteroatoms. The molecule has 0 bridgehead atoms. The van der Waals surface area contributed by atoms with E-state index in [-0.39, 0.29) is 0 Å². The Kier molecular flexibility index (Phi) is 6.09. The van der Waals surface area contributed by atoms with E-state index in [9.17, 15) is 0 Å². The highest BCUT2D eigenvalue weighted by Gasteiger charge is 1.91. The van der Waals surface area contributed by atoms with Crippen molar-refractivity contribution in [3.8, 4) is 0 Å². The molecule has 1 rings (SSSR count). The topological polar surface area (TPSA) is 53.1 Å². The maximum atomic E-state index is 5.43. The highest BCUT2D eigenvalue weighted by molar-refractivity contribution is 5.30. The van der Waals surface area contributed by atoms with Crippen molar-refractivity contribution in [1.82, 2.24) is 9.78 Å². The molecule has 0 aromatic carbocycles. The van der Waals surface area contributed by atoms with E-state index in [0.717, 1.165) is 6.54 Å². The molecular formula is C8H17N3O. The van der Waals surface area contributed by atoms with Gasteiger partial charge in [-0.25, -0.2) is 0 Å². The van der Waals surface area contributed by atoms with E-state index < -0.39 is 0 Å². The zero-order valence-corrected chi connectivity index (χ0v) is 7.95. The first kappa shape index (κ1) is 11.0. The molecule has 1 heterocycles. The van der Waals surface area contributed by atoms with Crippen LogP contribution in [0.4, 0.5) is 5.69 Å². The van der Waals surface area contributed by atoms with Crippen LogP contribution in [0.5, 0.6) is 0 Å². The van der Waals surface area contributed by atoms with E-state index in [1.54, 1.807) is 24.2 Å². The Balaban J connectivity index is 0.000000561. The minimum absolute atomic E-state index is 0.668. The van der Waals surface area contributed by atoms with Gasteiger partial charge in [0, 0.05) is 13.3 Å². The summed E-state index contributed by atoms with van der Waals surface area (Å²) in [4.78, 5) is 0. The van der Waals surface area contributed by atoms with E-state index in [1.807, 2.05) is 13.8 Å². The summed E-state index contributed by atoms with van der Waals surface area (Å²) in [6.45, 7) is 5.43. The molecule has 0 radical (unpaired) electrons. The second kappa shape index (κ2) is 6.67. The number of methoxy groups -OCH3 is 1. The van der Waals surface area contributed by atoms with Gasteiger partial charge in [-0.15, -0.1) is 0 Å². The molecule has 0 saturated carbocycles. The lowest BCUT2D eigenvalue weighted by atomic mass is 10.6. The summed E-state index contributed by atoms with van der Waals surface area (Å²) in [7, 11) is 1.66. The molecule has 4 nitrogen and oxygen atoms in total. The largest absolute Gasteiger partial charge is 0.396 e. The van der Waals surface area contributed by atoms with Gasteiger partial charge in [0.15, 0.2) is 0 Å². The maximum Gasteiger partial charge on any atom is 0.0719 e. The molecule has 0 spiro atoms. The van der Waals surface area contributed by atoms with Crippen LogP contribution in [0.15, 0.2) is 12.4 Å². The summed E-state index contributed by atoms with van der Waals surface area (Å²) in [5.41, 5.74) is 6.12. The molecule has 0 aliphatic carbocycles. The molecule has 0 aliphatic heterocycles. The van der Waals surface area contributed by atoms with Crippen molar-refractivity contribution in [2.24, 2.45) is 0 Å². The van der Waals surface area contributed by atoms with Crippen molar-refractivity contribution in [2.45, 2.75) is 20.4 Å². The first-order valence-corrected chi connectivity index (χ1v) is 4.10. The molecule has 1 aromatic rings. The second-order valence-corrected chi connectivity index (χ2v) is 2.03. The summed E-state index contributed by atoms with van der Waals surface area (Å²) in [5, 5.41) is 3.96. The number of nitrogens with two attached hydrogens (primary N) is 1. The first-order valence-electron chi connectivity index (χ1n) is 4.10. The number of aromatic nitrogens is 2. The summed E-state index contributed by atoms with van der Waals surface area (Å²) in [6.07, 6.45) is 3.40. The molecule has 2 N–H and O–H groups in total. The minimum Gasteiger partial charge on any atom is -0.396 e. The Morgan fingerprint density at radius 2 is 2.25 bits per heavy atom. The fourth-order valence-corrected chi connectivity index (χ4v) is 0.687. The third-order valence-electron chi connectivity index (χ3n) is 1.18. The van der Waals surface area contributed by atoms with Crippen molar-refractivity contribution < 1.29 is 4.74 Å². The molecule has 0 unspecified atom stereocenters. The Hall–Kier alpha value is -1.03. The number of ether oxygens (including phenoxy) is 1. The molecule has 70 valence electrons. The number of nitrogen functional groups attached to an aromatic ring is 1. The van der Waals surface area contributed by atoms with Crippen LogP contribution < -0.4 is 5.73 Å². The van der Waals surface area contributed by atoms with E-state index in [0.29, 0.717) is 12.3 Å². The quantitative estimate of drug-likeness (QED) is 0.742. The standard InChI is InChI=1S/C6H11N3O.C2H6/c1-10-3-2-9-5-6(7)4-8-9;1-2/h4-5H,2-3,7H2,1H3;1-2H3. The Morgan fingerprint density at radius 1 is 1.58 bits per heavy atom. The van der Waals surface area contributed by atoms with Gasteiger partial charge in [-0.1, -0.05) is 13.8 Å². The Labute approximate surface area is 73.3 Å². The fraction of sp³-hybridized carbons (Fsp3) is 0.625. The molecule has 12 heavy (non-hydrogen) atoms. The minimum atomic E-state index is 0.668. The summed E-state index contributed by atoms with van der Waals surface area (Å²) < 4.78 is 6.60. The predicted octanol–water partition coefficient (Wildman–Crippen LogP) is 1.14. The maximum absolute atomic E-state index is 5.43. The van der Waals surface area contributed by atoms with Gasteiger partial charge in [0.2, 0.25) is 0 Å². The van der Waals surface area contributed by atoms with Crippen LogP contribution in [0.25, 0.3) is 0 Å². The van der Waals surface area contributed by atoms with Crippen LogP contribution in [-0.2, 0) is 11.3 Å². The van der Waals surface area contributed by atoms with Crippen LogP contribution >= 0.6 is 0 Å². The molecule has 0 amide bonds. The Bertz CT molecular complexity index is 198. The average Bonchev–Trinajstić information content (AvgIpc) is 2.51. The monoisotopic (exact) mass is 171 g/mol. The van der Waals surface area contributed by atoms with Crippen LogP contribution in [0, 0.1) is 0 Å². The molecule has 0 aliphatic rings. The van der Waals surface area contributed by atoms with Gasteiger partial charge < -0.3 is 10.5 Å². The van der Waals surface area contributed by atoms with Gasteiger partial charge in [0.05, 0.1) is 25.0 Å². The number of hydrogen-bond donors (Lipinski definition) is 1. The summed E-state index contributed by atoms with van der Waals surface area (Å²) in [6, 6.07) is 0. The fourth-order valence-electron chi connectivity index (χ4n) is 0.687. The lowest BCUT2D eigenvalue weighted by Gasteiger charge is -1.97. The van der Waals surface area contributed by atoms with E-state index in [4.69, 9.17) is 10.5 Å². The normalized spacial score (nSPS) is 8.92. The highest BCUT2D eigenvalue weighted by Crippen LogP contribution is 1.96. The predicted molar refractivity (Wildman–Crippen MR) is 49.9 cm³/mol. The van der Waals surface area contributed by atoms with E-state index in [1.165, 1.54) is 0 Å². The van der Waals surface area contributed by atoms with Crippen LogP contribution in [-0.4, -0.2) is 23.5 Å². The smallest absolute Gasteiger partial charge is 0.0719 e. The summed E-state index contributed by atoms with van der Waals surface area (Å²) in [5.74, 6) is 0. The zero-order chi connectivity index (χ0) is 9.40. The van der Waals surface area contributed by atoms with Gasteiger partial charge in [-0.3, -0.25) is 4.68 Å². The van der Waals surface area contributed by atoms with Gasteiger partial charge in [0.25, 0.3) is 0 Å². The lowest BCUT2D eigenvalue weighted by molar-refractivity contribution is 0.183. The van der Waals surface area contributed by atoms with Crippen molar-refractivity contribution in [3.63, 3.8) is 0 Å². The second-order valence-electron chi connectivity index (χ2n) is 2.03. The molecule has 0 saturated heterocycles. The highest BCUT2D eigenvalue weighted by atomic mass is 16.5. The summed E-state index contributed by atoms with van der Waals surface area (Å²) >= 11 is 0. The van der Waals surface area contributed by atoms with Crippen LogP contribution in [0.1, 0.15) is 13.8 Å².